The summed E-state index contributed by atoms with van der Waals surface area (Å²) >= 11 is 0. The first-order chi connectivity index (χ1) is 7.00. The third-order valence-corrected chi connectivity index (χ3v) is 2.23. The van der Waals surface area contributed by atoms with Crippen LogP contribution in [0.5, 0.6) is 0 Å². The van der Waals surface area contributed by atoms with Gasteiger partial charge in [-0.15, -0.1) is 0 Å². The molecule has 0 aliphatic rings. The molecule has 1 amide bonds. The molecule has 0 saturated heterocycles. The third-order valence-electron chi connectivity index (χ3n) is 2.23. The number of benzene rings is 1. The Balaban J connectivity index is 2.69. The molecule has 15 heavy (non-hydrogen) atoms. The monoisotopic (exact) mass is 206 g/mol. The van der Waals surface area contributed by atoms with Crippen molar-refractivity contribution in [1.82, 2.24) is 0 Å². The van der Waals surface area contributed by atoms with E-state index in [1.54, 1.807) is 0 Å². The molecule has 0 unspecified atom stereocenters. The summed E-state index contributed by atoms with van der Waals surface area (Å²) in [6, 6.07) is 7.64. The van der Waals surface area contributed by atoms with Gasteiger partial charge in [0.25, 0.3) is 0 Å². The lowest BCUT2D eigenvalue weighted by molar-refractivity contribution is -0.118. The maximum Gasteiger partial charge on any atom is 0.226 e. The SMILES string of the molecule is CC(C)C(=O)Nc1ccc([C@H](C)N)cc1. The van der Waals surface area contributed by atoms with Crippen LogP contribution in [0, 0.1) is 5.92 Å². The van der Waals surface area contributed by atoms with Crippen molar-refractivity contribution in [2.45, 2.75) is 26.8 Å². The summed E-state index contributed by atoms with van der Waals surface area (Å²) in [4.78, 5) is 11.4. The Morgan fingerprint density at radius 2 is 1.73 bits per heavy atom. The standard InChI is InChI=1S/C12H18N2O/c1-8(2)12(15)14-11-6-4-10(5-7-11)9(3)13/h4-9H,13H2,1-3H3,(H,14,15)/t9-/m0/s1. The minimum Gasteiger partial charge on any atom is -0.326 e. The Labute approximate surface area is 90.7 Å². The van der Waals surface area contributed by atoms with Crippen molar-refractivity contribution in [3.05, 3.63) is 29.8 Å². The highest BCUT2D eigenvalue weighted by molar-refractivity contribution is 5.92. The minimum atomic E-state index is -0.00175. The number of hydrogen-bond acceptors (Lipinski definition) is 2. The highest BCUT2D eigenvalue weighted by Gasteiger charge is 2.06. The summed E-state index contributed by atoms with van der Waals surface area (Å²) < 4.78 is 0. The number of nitrogens with one attached hydrogen (secondary N) is 1. The van der Waals surface area contributed by atoms with E-state index in [1.807, 2.05) is 45.0 Å². The Morgan fingerprint density at radius 3 is 2.13 bits per heavy atom. The molecule has 0 aliphatic carbocycles. The molecule has 3 heteroatoms. The van der Waals surface area contributed by atoms with E-state index in [-0.39, 0.29) is 17.9 Å². The fraction of sp³-hybridized carbons (Fsp3) is 0.417. The zero-order valence-electron chi connectivity index (χ0n) is 9.45. The van der Waals surface area contributed by atoms with Gasteiger partial charge in [-0.1, -0.05) is 26.0 Å². The molecule has 1 aromatic rings. The van der Waals surface area contributed by atoms with Crippen LogP contribution in [0.3, 0.4) is 0 Å². The van der Waals surface area contributed by atoms with Gasteiger partial charge >= 0.3 is 0 Å². The highest BCUT2D eigenvalue weighted by atomic mass is 16.1. The predicted octanol–water partition coefficient (Wildman–Crippen LogP) is 2.30. The molecule has 0 heterocycles. The number of carbonyl (C=O) groups excluding carboxylic acids is 1. The lowest BCUT2D eigenvalue weighted by atomic mass is 10.1. The van der Waals surface area contributed by atoms with Crippen LogP contribution in [0.15, 0.2) is 24.3 Å². The third kappa shape index (κ3) is 3.36. The van der Waals surface area contributed by atoms with E-state index in [1.165, 1.54) is 0 Å². The van der Waals surface area contributed by atoms with Gasteiger partial charge in [0.15, 0.2) is 0 Å². The summed E-state index contributed by atoms with van der Waals surface area (Å²) in [6.45, 7) is 5.67. The van der Waals surface area contributed by atoms with Crippen molar-refractivity contribution in [1.29, 1.82) is 0 Å². The Morgan fingerprint density at radius 1 is 1.20 bits per heavy atom. The van der Waals surface area contributed by atoms with Crippen LogP contribution in [-0.2, 0) is 4.79 Å². The van der Waals surface area contributed by atoms with E-state index in [0.717, 1.165) is 11.3 Å². The van der Waals surface area contributed by atoms with Crippen molar-refractivity contribution < 1.29 is 4.79 Å². The maximum absolute atomic E-state index is 11.4. The van der Waals surface area contributed by atoms with E-state index in [9.17, 15) is 4.79 Å². The molecule has 1 rings (SSSR count). The Hall–Kier alpha value is -1.35. The van der Waals surface area contributed by atoms with E-state index in [4.69, 9.17) is 5.73 Å². The van der Waals surface area contributed by atoms with Crippen LogP contribution < -0.4 is 11.1 Å². The minimum absolute atomic E-state index is 0.00175. The molecule has 0 bridgehead atoms. The number of anilines is 1. The van der Waals surface area contributed by atoms with Crippen LogP contribution in [0.25, 0.3) is 0 Å². The molecule has 0 fully saturated rings. The van der Waals surface area contributed by atoms with Gasteiger partial charge in [-0.25, -0.2) is 0 Å². The van der Waals surface area contributed by atoms with Crippen LogP contribution in [0.4, 0.5) is 5.69 Å². The smallest absolute Gasteiger partial charge is 0.226 e. The molecule has 0 spiro atoms. The van der Waals surface area contributed by atoms with E-state index < -0.39 is 0 Å². The fourth-order valence-electron chi connectivity index (χ4n) is 1.16. The molecular weight excluding hydrogens is 188 g/mol. The van der Waals surface area contributed by atoms with Crippen LogP contribution in [0.1, 0.15) is 32.4 Å². The molecule has 82 valence electrons. The molecule has 3 N–H and O–H groups in total. The number of amides is 1. The van der Waals surface area contributed by atoms with Gasteiger partial charge in [-0.2, -0.15) is 0 Å². The lowest BCUT2D eigenvalue weighted by Crippen LogP contribution is -2.17. The summed E-state index contributed by atoms with van der Waals surface area (Å²) in [5, 5.41) is 2.83. The number of nitrogens with two attached hydrogens (primary N) is 1. The summed E-state index contributed by atoms with van der Waals surface area (Å²) in [5.74, 6) is 0.0293. The normalized spacial score (nSPS) is 12.6. The predicted molar refractivity (Wildman–Crippen MR) is 62.5 cm³/mol. The topological polar surface area (TPSA) is 55.1 Å². The van der Waals surface area contributed by atoms with Crippen molar-refractivity contribution in [3.8, 4) is 0 Å². The van der Waals surface area contributed by atoms with Crippen molar-refractivity contribution >= 4 is 11.6 Å². The van der Waals surface area contributed by atoms with E-state index >= 15 is 0 Å². The van der Waals surface area contributed by atoms with Gasteiger partial charge in [0.2, 0.25) is 5.91 Å². The van der Waals surface area contributed by atoms with Crippen molar-refractivity contribution in [2.75, 3.05) is 5.32 Å². The molecule has 3 nitrogen and oxygen atoms in total. The lowest BCUT2D eigenvalue weighted by Gasteiger charge is -2.09. The second-order valence-corrected chi connectivity index (χ2v) is 4.05. The van der Waals surface area contributed by atoms with Crippen molar-refractivity contribution in [2.24, 2.45) is 11.7 Å². The number of hydrogen-bond donors (Lipinski definition) is 2. The first-order valence-corrected chi connectivity index (χ1v) is 5.17. The van der Waals surface area contributed by atoms with Gasteiger partial charge in [0.1, 0.15) is 0 Å². The summed E-state index contributed by atoms with van der Waals surface area (Å²) in [5.41, 5.74) is 7.61. The number of carbonyl (C=O) groups is 1. The first-order valence-electron chi connectivity index (χ1n) is 5.17. The molecule has 0 aromatic heterocycles. The summed E-state index contributed by atoms with van der Waals surface area (Å²) in [7, 11) is 0. The average molecular weight is 206 g/mol. The highest BCUT2D eigenvalue weighted by Crippen LogP contribution is 2.14. The molecule has 0 saturated carbocycles. The van der Waals surface area contributed by atoms with E-state index in [0.29, 0.717) is 0 Å². The van der Waals surface area contributed by atoms with Gasteiger partial charge in [0, 0.05) is 17.6 Å². The molecule has 0 radical (unpaired) electrons. The summed E-state index contributed by atoms with van der Waals surface area (Å²) in [6.07, 6.45) is 0. The second-order valence-electron chi connectivity index (χ2n) is 4.05. The Kier molecular flexibility index (Phi) is 3.86. The van der Waals surface area contributed by atoms with Crippen LogP contribution >= 0.6 is 0 Å². The molecule has 0 aliphatic heterocycles. The first kappa shape index (κ1) is 11.7. The molecule has 1 aromatic carbocycles. The van der Waals surface area contributed by atoms with Gasteiger partial charge < -0.3 is 11.1 Å². The van der Waals surface area contributed by atoms with Crippen LogP contribution in [-0.4, -0.2) is 5.91 Å². The maximum atomic E-state index is 11.4. The van der Waals surface area contributed by atoms with Crippen LogP contribution in [0.2, 0.25) is 0 Å². The Bertz CT molecular complexity index is 328. The molecule has 1 atom stereocenters. The van der Waals surface area contributed by atoms with Gasteiger partial charge in [-0.05, 0) is 24.6 Å². The fourth-order valence-corrected chi connectivity index (χ4v) is 1.16. The average Bonchev–Trinajstić information content (AvgIpc) is 2.18. The largest absolute Gasteiger partial charge is 0.326 e. The van der Waals surface area contributed by atoms with Gasteiger partial charge in [0.05, 0.1) is 0 Å². The quantitative estimate of drug-likeness (QED) is 0.797. The zero-order valence-corrected chi connectivity index (χ0v) is 9.45. The zero-order chi connectivity index (χ0) is 11.4. The number of rotatable bonds is 3. The molecular formula is C12H18N2O. The van der Waals surface area contributed by atoms with E-state index in [2.05, 4.69) is 5.32 Å². The van der Waals surface area contributed by atoms with Crippen molar-refractivity contribution in [3.63, 3.8) is 0 Å². The second kappa shape index (κ2) is 4.94. The van der Waals surface area contributed by atoms with Gasteiger partial charge in [-0.3, -0.25) is 4.79 Å².